The monoisotopic (exact) mass is 425 g/mol. The van der Waals surface area contributed by atoms with Crippen LogP contribution in [0.3, 0.4) is 0 Å². The Hall–Kier alpha value is -2.79. The second-order valence-electron chi connectivity index (χ2n) is 5.76. The van der Waals surface area contributed by atoms with Gasteiger partial charge in [-0.1, -0.05) is 22.9 Å². The Labute approximate surface area is 167 Å². The first-order valence-corrected chi connectivity index (χ1v) is 9.16. The molecule has 0 aliphatic heterocycles. The van der Waals surface area contributed by atoms with Crippen molar-refractivity contribution in [2.75, 3.05) is 18.5 Å². The van der Waals surface area contributed by atoms with Crippen LogP contribution in [0, 0.1) is 0 Å². The summed E-state index contributed by atoms with van der Waals surface area (Å²) < 4.78 is 11.1. The van der Waals surface area contributed by atoms with E-state index in [1.54, 1.807) is 12.1 Å². The molecule has 2 aromatic heterocycles. The molecule has 0 saturated heterocycles. The van der Waals surface area contributed by atoms with Crippen molar-refractivity contribution in [1.82, 2.24) is 0 Å². The molecule has 1 atom stereocenters. The van der Waals surface area contributed by atoms with Crippen LogP contribution in [0.4, 0.5) is 10.5 Å². The summed E-state index contributed by atoms with van der Waals surface area (Å²) in [5.41, 5.74) is 10.9. The average Bonchev–Trinajstić information content (AvgIpc) is 3.17. The number of thiophene rings is 1. The van der Waals surface area contributed by atoms with Crippen LogP contribution in [0.1, 0.15) is 16.1 Å². The van der Waals surface area contributed by atoms with Gasteiger partial charge < -0.3 is 36.2 Å². The molecule has 148 valence electrons. The van der Waals surface area contributed by atoms with E-state index < -0.39 is 17.9 Å². The second-order valence-corrected chi connectivity index (χ2v) is 7.39. The molecular weight excluding hydrogens is 410 g/mol. The summed E-state index contributed by atoms with van der Waals surface area (Å²) in [6, 6.07) is 4.96. The minimum absolute atomic E-state index is 0.0231. The van der Waals surface area contributed by atoms with Crippen molar-refractivity contribution >= 4 is 51.4 Å². The number of rotatable bonds is 7. The third-order valence-corrected chi connectivity index (χ3v) is 4.91. The number of halogens is 1. The molecule has 0 radical (unpaired) electrons. The van der Waals surface area contributed by atoms with Gasteiger partial charge in [-0.15, -0.1) is 0 Å². The number of hydrogen-bond donors (Lipinski definition) is 5. The van der Waals surface area contributed by atoms with E-state index in [0.717, 1.165) is 11.3 Å². The average molecular weight is 426 g/mol. The summed E-state index contributed by atoms with van der Waals surface area (Å²) in [7, 11) is 0. The number of carbonyl (C=O) groups excluding carboxylic acids is 2. The van der Waals surface area contributed by atoms with Crippen LogP contribution >= 0.6 is 22.9 Å². The second kappa shape index (κ2) is 8.07. The first kappa shape index (κ1) is 20.0. The Balaban J connectivity index is 2.04. The molecule has 0 saturated carbocycles. The molecule has 28 heavy (non-hydrogen) atoms. The molecule has 2 amide bonds. The van der Waals surface area contributed by atoms with Crippen LogP contribution in [0.2, 0.25) is 4.34 Å². The number of benzene rings is 1. The van der Waals surface area contributed by atoms with Crippen molar-refractivity contribution < 1.29 is 29.0 Å². The van der Waals surface area contributed by atoms with Crippen LogP contribution in [0.15, 0.2) is 28.7 Å². The summed E-state index contributed by atoms with van der Waals surface area (Å²) in [5, 5.41) is 21.7. The number of nitrogens with two attached hydrogens (primary N) is 2. The lowest BCUT2D eigenvalue weighted by Gasteiger charge is -2.09. The first-order chi connectivity index (χ1) is 13.3. The third-order valence-electron chi connectivity index (χ3n) is 3.75. The normalized spacial score (nSPS) is 12.1. The zero-order chi connectivity index (χ0) is 20.4. The number of ketones is 1. The van der Waals surface area contributed by atoms with Gasteiger partial charge in [0.1, 0.15) is 34.1 Å². The van der Waals surface area contributed by atoms with Gasteiger partial charge in [0.15, 0.2) is 10.8 Å². The molecule has 0 aliphatic rings. The van der Waals surface area contributed by atoms with Gasteiger partial charge in [0.05, 0.1) is 5.56 Å². The van der Waals surface area contributed by atoms with Crippen molar-refractivity contribution in [1.29, 1.82) is 0 Å². The number of furan rings is 1. The van der Waals surface area contributed by atoms with Gasteiger partial charge in [0.2, 0.25) is 5.78 Å². The van der Waals surface area contributed by atoms with Crippen molar-refractivity contribution in [3.8, 4) is 10.8 Å². The first-order valence-electron chi connectivity index (χ1n) is 7.97. The van der Waals surface area contributed by atoms with Gasteiger partial charge in [-0.2, -0.15) is 0 Å². The molecule has 1 aromatic carbocycles. The number of aliphatic hydroxyl groups excluding tert-OH is 1. The molecule has 3 rings (SSSR count). The van der Waals surface area contributed by atoms with Gasteiger partial charge in [-0.05, 0) is 12.1 Å². The number of aromatic hydroxyl groups is 1. The van der Waals surface area contributed by atoms with E-state index in [1.807, 2.05) is 0 Å². The number of fused-ring (bicyclic) bond motifs is 1. The largest absolute Gasteiger partial charge is 0.499 e. The highest BCUT2D eigenvalue weighted by molar-refractivity contribution is 7.18. The fraction of sp³-hybridized carbons (Fsp3) is 0.176. The quantitative estimate of drug-likeness (QED) is 0.362. The van der Waals surface area contributed by atoms with Crippen LogP contribution in [-0.4, -0.2) is 41.3 Å². The third kappa shape index (κ3) is 4.04. The maximum Gasteiger partial charge on any atom is 0.316 e. The number of amides is 2. The van der Waals surface area contributed by atoms with E-state index >= 15 is 0 Å². The lowest BCUT2D eigenvalue weighted by Crippen LogP contribution is -2.26. The summed E-state index contributed by atoms with van der Waals surface area (Å²) in [5.74, 6) is -0.472. The van der Waals surface area contributed by atoms with Crippen LogP contribution in [-0.2, 0) is 0 Å². The SMILES string of the molecule is NCC(O)COc1ccc2c(NC(N)=O)c(C(=O)c3cc(O)sc3Cl)oc2c1. The number of ether oxygens (including phenoxy) is 1. The smallest absolute Gasteiger partial charge is 0.316 e. The van der Waals surface area contributed by atoms with Gasteiger partial charge in [-0.25, -0.2) is 4.79 Å². The van der Waals surface area contributed by atoms with Gasteiger partial charge in [0.25, 0.3) is 0 Å². The summed E-state index contributed by atoms with van der Waals surface area (Å²) in [4.78, 5) is 24.2. The van der Waals surface area contributed by atoms with E-state index in [2.05, 4.69) is 5.32 Å². The van der Waals surface area contributed by atoms with E-state index in [-0.39, 0.29) is 45.1 Å². The molecule has 7 N–H and O–H groups in total. The zero-order valence-electron chi connectivity index (χ0n) is 14.3. The van der Waals surface area contributed by atoms with Crippen molar-refractivity contribution in [3.05, 3.63) is 39.9 Å². The Morgan fingerprint density at radius 2 is 2.11 bits per heavy atom. The van der Waals surface area contributed by atoms with E-state index in [0.29, 0.717) is 11.1 Å². The number of aliphatic hydroxyl groups is 1. The van der Waals surface area contributed by atoms with Crippen LogP contribution in [0.5, 0.6) is 10.8 Å². The van der Waals surface area contributed by atoms with Crippen molar-refractivity contribution in [2.45, 2.75) is 6.10 Å². The molecule has 11 heteroatoms. The highest BCUT2D eigenvalue weighted by atomic mass is 35.5. The molecule has 9 nitrogen and oxygen atoms in total. The minimum Gasteiger partial charge on any atom is -0.499 e. The molecule has 3 aromatic rings. The van der Waals surface area contributed by atoms with Crippen LogP contribution in [0.25, 0.3) is 11.0 Å². The number of hydrogen-bond acceptors (Lipinski definition) is 8. The summed E-state index contributed by atoms with van der Waals surface area (Å²) >= 11 is 6.81. The standard InChI is InChI=1S/C17H16ClN3O6S/c18-16-10(4-12(23)28-16)14(24)15-13(21-17(20)25)9-2-1-8(3-11(9)27-15)26-6-7(22)5-19/h1-4,7,22-23H,5-6,19H2,(H3,20,21,25). The molecule has 0 bridgehead atoms. The van der Waals surface area contributed by atoms with Crippen LogP contribution < -0.4 is 21.5 Å². The Bertz CT molecular complexity index is 1050. The predicted molar refractivity (Wildman–Crippen MR) is 104 cm³/mol. The molecular formula is C17H16ClN3O6S. The van der Waals surface area contributed by atoms with Gasteiger partial charge >= 0.3 is 6.03 Å². The number of carbonyl (C=O) groups is 2. The fourth-order valence-corrected chi connectivity index (χ4v) is 3.47. The Morgan fingerprint density at radius 1 is 1.36 bits per heavy atom. The molecule has 0 fully saturated rings. The zero-order valence-corrected chi connectivity index (χ0v) is 15.8. The topological polar surface area (TPSA) is 161 Å². The summed E-state index contributed by atoms with van der Waals surface area (Å²) in [6.07, 6.45) is -0.829. The fourth-order valence-electron chi connectivity index (χ4n) is 2.47. The predicted octanol–water partition coefficient (Wildman–Crippen LogP) is 2.27. The number of nitrogens with one attached hydrogen (secondary N) is 1. The Morgan fingerprint density at radius 3 is 2.71 bits per heavy atom. The lowest BCUT2D eigenvalue weighted by molar-refractivity contribution is 0.101. The molecule has 0 aliphatic carbocycles. The molecule has 1 unspecified atom stereocenters. The minimum atomic E-state index is -0.887. The van der Waals surface area contributed by atoms with Gasteiger partial charge in [0, 0.05) is 24.1 Å². The number of primary amides is 1. The molecule has 2 heterocycles. The maximum absolute atomic E-state index is 12.8. The van der Waals surface area contributed by atoms with E-state index in [1.165, 1.54) is 12.1 Å². The highest BCUT2D eigenvalue weighted by Gasteiger charge is 2.26. The van der Waals surface area contributed by atoms with E-state index in [4.69, 9.17) is 32.2 Å². The highest BCUT2D eigenvalue weighted by Crippen LogP contribution is 2.38. The summed E-state index contributed by atoms with van der Waals surface area (Å²) in [6.45, 7) is 0.0211. The lowest BCUT2D eigenvalue weighted by atomic mass is 10.1. The van der Waals surface area contributed by atoms with Crippen molar-refractivity contribution in [2.24, 2.45) is 11.5 Å². The molecule has 0 spiro atoms. The van der Waals surface area contributed by atoms with E-state index in [9.17, 15) is 19.8 Å². The maximum atomic E-state index is 12.8. The number of urea groups is 1. The van der Waals surface area contributed by atoms with Crippen molar-refractivity contribution in [3.63, 3.8) is 0 Å². The Kier molecular flexibility index (Phi) is 5.75. The number of anilines is 1. The van der Waals surface area contributed by atoms with Gasteiger partial charge in [-0.3, -0.25) is 4.79 Å².